The first-order valence-electron chi connectivity index (χ1n) is 11.0. The highest BCUT2D eigenvalue weighted by molar-refractivity contribution is 5.92. The molecule has 1 aromatic heterocycles. The van der Waals surface area contributed by atoms with Crippen LogP contribution in [-0.2, 0) is 9.53 Å². The Balaban J connectivity index is 1.09. The minimum atomic E-state index is -0.133. The van der Waals surface area contributed by atoms with E-state index in [1.807, 2.05) is 17.0 Å². The molecule has 2 aliphatic carbocycles. The standard InChI is InChI=1S/C23H29N3O3/c27-21(19-14-16-4-5-17(19)13-16)25-15-18-6-7-23(29-18)8-11-26(12-9-23)22(28)20-3-1-2-10-24-20/h1-5,10,16-19H,6-9,11-15H2,(H,25,27)/t16-,17+,18?,19-/m1/s1. The highest BCUT2D eigenvalue weighted by Gasteiger charge is 2.44. The van der Waals surface area contributed by atoms with Gasteiger partial charge in [0.25, 0.3) is 5.91 Å². The Morgan fingerprint density at radius 1 is 1.17 bits per heavy atom. The summed E-state index contributed by atoms with van der Waals surface area (Å²) in [5.41, 5.74) is 0.373. The summed E-state index contributed by atoms with van der Waals surface area (Å²) in [5.74, 6) is 1.41. The van der Waals surface area contributed by atoms with Crippen molar-refractivity contribution in [2.75, 3.05) is 19.6 Å². The zero-order chi connectivity index (χ0) is 19.8. The van der Waals surface area contributed by atoms with Gasteiger partial charge >= 0.3 is 0 Å². The second-order valence-electron chi connectivity index (χ2n) is 9.10. The Labute approximate surface area is 171 Å². The number of pyridine rings is 1. The van der Waals surface area contributed by atoms with Gasteiger partial charge in [-0.3, -0.25) is 14.6 Å². The molecule has 3 heterocycles. The van der Waals surface area contributed by atoms with Crippen molar-refractivity contribution < 1.29 is 14.3 Å². The van der Waals surface area contributed by atoms with Crippen molar-refractivity contribution in [1.82, 2.24) is 15.2 Å². The van der Waals surface area contributed by atoms with E-state index in [1.165, 1.54) is 0 Å². The van der Waals surface area contributed by atoms with Gasteiger partial charge in [-0.25, -0.2) is 0 Å². The van der Waals surface area contributed by atoms with Crippen molar-refractivity contribution in [3.05, 3.63) is 42.2 Å². The summed E-state index contributed by atoms with van der Waals surface area (Å²) in [5, 5.41) is 3.15. The van der Waals surface area contributed by atoms with Crippen LogP contribution in [0.15, 0.2) is 36.5 Å². The van der Waals surface area contributed by atoms with Crippen LogP contribution in [-0.4, -0.2) is 53.0 Å². The van der Waals surface area contributed by atoms with E-state index in [2.05, 4.69) is 22.5 Å². The molecule has 0 radical (unpaired) electrons. The van der Waals surface area contributed by atoms with Crippen molar-refractivity contribution in [3.63, 3.8) is 0 Å². The Morgan fingerprint density at radius 3 is 2.72 bits per heavy atom. The van der Waals surface area contributed by atoms with Gasteiger partial charge in [0, 0.05) is 31.7 Å². The van der Waals surface area contributed by atoms with E-state index in [4.69, 9.17) is 4.74 Å². The molecule has 5 rings (SSSR count). The fourth-order valence-electron chi connectivity index (χ4n) is 5.60. The van der Waals surface area contributed by atoms with Gasteiger partial charge in [0.05, 0.1) is 11.7 Å². The van der Waals surface area contributed by atoms with Crippen LogP contribution in [0.2, 0.25) is 0 Å². The minimum absolute atomic E-state index is 0.00201. The smallest absolute Gasteiger partial charge is 0.272 e. The van der Waals surface area contributed by atoms with Crippen LogP contribution < -0.4 is 5.32 Å². The summed E-state index contributed by atoms with van der Waals surface area (Å²) in [7, 11) is 0. The number of carbonyl (C=O) groups excluding carboxylic acids is 2. The van der Waals surface area contributed by atoms with Crippen LogP contribution >= 0.6 is 0 Å². The number of nitrogens with zero attached hydrogens (tertiary/aromatic N) is 2. The molecular formula is C23H29N3O3. The van der Waals surface area contributed by atoms with Gasteiger partial charge in [0.1, 0.15) is 5.69 Å². The van der Waals surface area contributed by atoms with E-state index in [9.17, 15) is 9.59 Å². The van der Waals surface area contributed by atoms with Gasteiger partial charge in [0.2, 0.25) is 5.91 Å². The number of hydrogen-bond donors (Lipinski definition) is 1. The van der Waals surface area contributed by atoms with E-state index in [0.29, 0.717) is 37.2 Å². The fourth-order valence-corrected chi connectivity index (χ4v) is 5.60. The largest absolute Gasteiger partial charge is 0.370 e. The molecule has 2 amide bonds. The lowest BCUT2D eigenvalue weighted by molar-refractivity contribution is -0.127. The molecule has 1 unspecified atom stereocenters. The molecule has 6 nitrogen and oxygen atoms in total. The summed E-state index contributed by atoms with van der Waals surface area (Å²) in [4.78, 5) is 31.2. The molecule has 1 saturated carbocycles. The molecule has 4 aliphatic rings. The summed E-state index contributed by atoms with van der Waals surface area (Å²) in [6.07, 6.45) is 12.1. The summed E-state index contributed by atoms with van der Waals surface area (Å²) in [6.45, 7) is 2.01. The second kappa shape index (κ2) is 7.56. The normalized spacial score (nSPS) is 32.1. The number of nitrogens with one attached hydrogen (secondary N) is 1. The SMILES string of the molecule is O=C(NCC1CCC2(CCN(C(=O)c3ccccn3)CC2)O1)[C@@H]1C[C@@H]2C=C[C@H]1C2. The van der Waals surface area contributed by atoms with E-state index in [1.54, 1.807) is 12.3 Å². The van der Waals surface area contributed by atoms with Gasteiger partial charge < -0.3 is 15.0 Å². The first kappa shape index (κ1) is 18.8. The number of amides is 2. The maximum atomic E-state index is 12.6. The third-order valence-corrected chi connectivity index (χ3v) is 7.30. The number of hydrogen-bond acceptors (Lipinski definition) is 4. The first-order valence-corrected chi connectivity index (χ1v) is 11.0. The highest BCUT2D eigenvalue weighted by atomic mass is 16.5. The van der Waals surface area contributed by atoms with Crippen molar-refractivity contribution in [1.29, 1.82) is 0 Å². The number of aromatic nitrogens is 1. The molecule has 1 spiro atoms. The van der Waals surface area contributed by atoms with Crippen LogP contribution in [0.3, 0.4) is 0 Å². The summed E-state index contributed by atoms with van der Waals surface area (Å²) < 4.78 is 6.42. The van der Waals surface area contributed by atoms with E-state index in [0.717, 1.165) is 38.5 Å². The molecular weight excluding hydrogens is 366 g/mol. The lowest BCUT2D eigenvalue weighted by Crippen LogP contribution is -2.47. The summed E-state index contributed by atoms with van der Waals surface area (Å²) in [6, 6.07) is 5.43. The maximum Gasteiger partial charge on any atom is 0.272 e. The Hall–Kier alpha value is -2.21. The minimum Gasteiger partial charge on any atom is -0.370 e. The number of piperidine rings is 1. The van der Waals surface area contributed by atoms with Gasteiger partial charge in [-0.2, -0.15) is 0 Å². The van der Waals surface area contributed by atoms with E-state index < -0.39 is 0 Å². The van der Waals surface area contributed by atoms with Crippen LogP contribution in [0.5, 0.6) is 0 Å². The molecule has 6 heteroatoms. The quantitative estimate of drug-likeness (QED) is 0.796. The molecule has 1 aromatic rings. The number of likely N-dealkylation sites (tertiary alicyclic amines) is 1. The average molecular weight is 396 g/mol. The molecule has 154 valence electrons. The Bertz CT molecular complexity index is 801. The summed E-state index contributed by atoms with van der Waals surface area (Å²) >= 11 is 0. The molecule has 2 saturated heterocycles. The first-order chi connectivity index (χ1) is 14.1. The van der Waals surface area contributed by atoms with Gasteiger partial charge in [-0.1, -0.05) is 18.2 Å². The monoisotopic (exact) mass is 395 g/mol. The number of allylic oxidation sites excluding steroid dienone is 2. The maximum absolute atomic E-state index is 12.6. The third-order valence-electron chi connectivity index (χ3n) is 7.30. The molecule has 4 atom stereocenters. The van der Waals surface area contributed by atoms with Gasteiger partial charge in [0.15, 0.2) is 0 Å². The van der Waals surface area contributed by atoms with Crippen LogP contribution in [0.4, 0.5) is 0 Å². The van der Waals surface area contributed by atoms with Crippen molar-refractivity contribution in [3.8, 4) is 0 Å². The fraction of sp³-hybridized carbons (Fsp3) is 0.609. The van der Waals surface area contributed by atoms with Gasteiger partial charge in [-0.05, 0) is 62.5 Å². The van der Waals surface area contributed by atoms with Gasteiger partial charge in [-0.15, -0.1) is 0 Å². The molecule has 0 aromatic carbocycles. The topological polar surface area (TPSA) is 71.5 Å². The van der Waals surface area contributed by atoms with E-state index in [-0.39, 0.29) is 29.4 Å². The molecule has 3 fully saturated rings. The molecule has 1 N–H and O–H groups in total. The Morgan fingerprint density at radius 2 is 2.03 bits per heavy atom. The predicted molar refractivity (Wildman–Crippen MR) is 108 cm³/mol. The highest BCUT2D eigenvalue weighted by Crippen LogP contribution is 2.43. The third kappa shape index (κ3) is 3.70. The lowest BCUT2D eigenvalue weighted by Gasteiger charge is -2.39. The number of fused-ring (bicyclic) bond motifs is 2. The zero-order valence-electron chi connectivity index (χ0n) is 16.8. The van der Waals surface area contributed by atoms with Crippen molar-refractivity contribution >= 4 is 11.8 Å². The molecule has 29 heavy (non-hydrogen) atoms. The lowest BCUT2D eigenvalue weighted by atomic mass is 9.88. The molecule has 2 aliphatic heterocycles. The van der Waals surface area contributed by atoms with Crippen molar-refractivity contribution in [2.45, 2.75) is 50.2 Å². The van der Waals surface area contributed by atoms with Crippen LogP contribution in [0, 0.1) is 17.8 Å². The van der Waals surface area contributed by atoms with Crippen molar-refractivity contribution in [2.24, 2.45) is 17.8 Å². The van der Waals surface area contributed by atoms with E-state index >= 15 is 0 Å². The van der Waals surface area contributed by atoms with Crippen LogP contribution in [0.1, 0.15) is 49.0 Å². The number of carbonyl (C=O) groups is 2. The number of rotatable bonds is 4. The second-order valence-corrected chi connectivity index (χ2v) is 9.10. The average Bonchev–Trinajstić information content (AvgIpc) is 3.49. The number of ether oxygens (including phenoxy) is 1. The van der Waals surface area contributed by atoms with Crippen LogP contribution in [0.25, 0.3) is 0 Å². The zero-order valence-corrected chi connectivity index (χ0v) is 16.8. The molecule has 2 bridgehead atoms. The predicted octanol–water partition coefficient (Wildman–Crippen LogP) is 2.56. The Kier molecular flexibility index (Phi) is 4.90.